The minimum Gasteiger partial charge on any atom is -0.348 e. The van der Waals surface area contributed by atoms with Crippen molar-refractivity contribution >= 4 is 27.3 Å². The number of thiophene rings is 1. The van der Waals surface area contributed by atoms with Crippen molar-refractivity contribution in [1.29, 1.82) is 0 Å². The molecule has 0 aliphatic carbocycles. The molecule has 118 valence electrons. The van der Waals surface area contributed by atoms with Crippen molar-refractivity contribution in [2.45, 2.75) is 17.2 Å². The largest absolute Gasteiger partial charge is 0.348 e. The van der Waals surface area contributed by atoms with E-state index in [0.29, 0.717) is 0 Å². The highest BCUT2D eigenvalue weighted by Gasteiger charge is 2.24. The van der Waals surface area contributed by atoms with Crippen molar-refractivity contribution in [1.82, 2.24) is 9.62 Å². The smallest absolute Gasteiger partial charge is 0.252 e. The Hall–Kier alpha value is -1.70. The molecule has 0 aliphatic heterocycles. The number of hydrogen-bond donors (Lipinski definition) is 1. The molecule has 1 heterocycles. The molecule has 5 nitrogen and oxygen atoms in total. The van der Waals surface area contributed by atoms with Crippen LogP contribution < -0.4 is 5.32 Å². The Balaban J connectivity index is 1.97. The highest BCUT2D eigenvalue weighted by molar-refractivity contribution is 7.91. The van der Waals surface area contributed by atoms with Crippen molar-refractivity contribution < 1.29 is 13.2 Å². The first-order valence-electron chi connectivity index (χ1n) is 6.75. The lowest BCUT2D eigenvalue weighted by Crippen LogP contribution is -2.39. The number of benzene rings is 1. The number of carbonyl (C=O) groups is 1. The molecule has 1 atom stereocenters. The Labute approximate surface area is 134 Å². The number of likely N-dealkylation sites (N-methyl/N-ethyl adjacent to an activating group) is 1. The van der Waals surface area contributed by atoms with Crippen LogP contribution in [-0.2, 0) is 14.8 Å². The summed E-state index contributed by atoms with van der Waals surface area (Å²) >= 11 is 1.13. The molecule has 0 aliphatic rings. The fourth-order valence-electron chi connectivity index (χ4n) is 1.96. The molecule has 1 N–H and O–H groups in total. The van der Waals surface area contributed by atoms with Crippen LogP contribution in [0.4, 0.5) is 0 Å². The van der Waals surface area contributed by atoms with Gasteiger partial charge in [0.25, 0.3) is 10.0 Å². The molecule has 0 spiro atoms. The predicted molar refractivity (Wildman–Crippen MR) is 87.1 cm³/mol. The monoisotopic (exact) mass is 338 g/mol. The standard InChI is InChI=1S/C15H18N2O3S2/c1-12(13-7-4-3-5-8-13)16-14(18)11-17(2)22(19,20)15-9-6-10-21-15/h3-10,12H,11H2,1-2H3,(H,16,18)/t12-/m0/s1. The second-order valence-corrected chi connectivity index (χ2v) is 8.11. The van der Waals surface area contributed by atoms with Gasteiger partial charge < -0.3 is 5.32 Å². The summed E-state index contributed by atoms with van der Waals surface area (Å²) < 4.78 is 25.8. The molecule has 2 rings (SSSR count). The molecule has 0 bridgehead atoms. The molecule has 1 aromatic heterocycles. The van der Waals surface area contributed by atoms with E-state index in [0.717, 1.165) is 21.2 Å². The van der Waals surface area contributed by atoms with E-state index in [-0.39, 0.29) is 22.7 Å². The topological polar surface area (TPSA) is 66.5 Å². The molecule has 1 aromatic carbocycles. The van der Waals surface area contributed by atoms with Crippen LogP contribution in [0, 0.1) is 0 Å². The Bertz CT molecular complexity index is 713. The van der Waals surface area contributed by atoms with Gasteiger partial charge in [-0.3, -0.25) is 4.79 Å². The van der Waals surface area contributed by atoms with Crippen LogP contribution in [0.3, 0.4) is 0 Å². The molecule has 0 fully saturated rings. The zero-order valence-corrected chi connectivity index (χ0v) is 14.0. The van der Waals surface area contributed by atoms with Crippen LogP contribution in [0.15, 0.2) is 52.1 Å². The first-order chi connectivity index (χ1) is 10.4. The lowest BCUT2D eigenvalue weighted by Gasteiger charge is -2.18. The van der Waals surface area contributed by atoms with E-state index in [9.17, 15) is 13.2 Å². The van der Waals surface area contributed by atoms with Crippen molar-refractivity contribution in [3.8, 4) is 0 Å². The Kier molecular flexibility index (Phi) is 5.33. The van der Waals surface area contributed by atoms with Gasteiger partial charge in [0.05, 0.1) is 12.6 Å². The first-order valence-corrected chi connectivity index (χ1v) is 9.07. The predicted octanol–water partition coefficient (Wildman–Crippen LogP) is 2.25. The minimum atomic E-state index is -3.60. The first kappa shape index (κ1) is 16.7. The maximum absolute atomic E-state index is 12.2. The summed E-state index contributed by atoms with van der Waals surface area (Å²) in [6, 6.07) is 12.5. The summed E-state index contributed by atoms with van der Waals surface area (Å²) in [4.78, 5) is 12.0. The number of carbonyl (C=O) groups excluding carboxylic acids is 1. The highest BCUT2D eigenvalue weighted by atomic mass is 32.2. The van der Waals surface area contributed by atoms with Crippen LogP contribution in [0.5, 0.6) is 0 Å². The number of sulfonamides is 1. The Morgan fingerprint density at radius 2 is 1.91 bits per heavy atom. The van der Waals surface area contributed by atoms with Crippen molar-refractivity contribution in [2.24, 2.45) is 0 Å². The zero-order valence-electron chi connectivity index (χ0n) is 12.4. The van der Waals surface area contributed by atoms with Crippen LogP contribution in [0.25, 0.3) is 0 Å². The fourth-order valence-corrected chi connectivity index (χ4v) is 4.29. The van der Waals surface area contributed by atoms with Crippen molar-refractivity contribution in [3.63, 3.8) is 0 Å². The van der Waals surface area contributed by atoms with Gasteiger partial charge in [-0.25, -0.2) is 8.42 Å². The third-order valence-electron chi connectivity index (χ3n) is 3.20. The van der Waals surface area contributed by atoms with Gasteiger partial charge in [-0.2, -0.15) is 4.31 Å². The molecule has 0 saturated heterocycles. The maximum atomic E-state index is 12.2. The van der Waals surface area contributed by atoms with E-state index in [1.807, 2.05) is 37.3 Å². The van der Waals surface area contributed by atoms with E-state index in [1.165, 1.54) is 13.1 Å². The lowest BCUT2D eigenvalue weighted by molar-refractivity contribution is -0.121. The molecular formula is C15H18N2O3S2. The SMILES string of the molecule is C[C@H](NC(=O)CN(C)S(=O)(=O)c1cccs1)c1ccccc1. The molecule has 7 heteroatoms. The number of hydrogen-bond acceptors (Lipinski definition) is 4. The molecule has 0 saturated carbocycles. The van der Waals surface area contributed by atoms with Crippen LogP contribution >= 0.6 is 11.3 Å². The van der Waals surface area contributed by atoms with Crippen LogP contribution in [-0.4, -0.2) is 32.2 Å². The second-order valence-electron chi connectivity index (χ2n) is 4.89. The van der Waals surface area contributed by atoms with Gasteiger partial charge in [0, 0.05) is 7.05 Å². The average Bonchev–Trinajstić information content (AvgIpc) is 3.02. The summed E-state index contributed by atoms with van der Waals surface area (Å²) in [6.45, 7) is 1.65. The molecule has 22 heavy (non-hydrogen) atoms. The van der Waals surface area contributed by atoms with Gasteiger partial charge in [-0.1, -0.05) is 36.4 Å². The highest BCUT2D eigenvalue weighted by Crippen LogP contribution is 2.19. The number of nitrogens with one attached hydrogen (secondary N) is 1. The van der Waals surface area contributed by atoms with Crippen molar-refractivity contribution in [3.05, 3.63) is 53.4 Å². The molecule has 1 amide bonds. The van der Waals surface area contributed by atoms with E-state index >= 15 is 0 Å². The van der Waals surface area contributed by atoms with Gasteiger partial charge in [0.1, 0.15) is 4.21 Å². The minimum absolute atomic E-state index is 0.174. The fraction of sp³-hybridized carbons (Fsp3) is 0.267. The maximum Gasteiger partial charge on any atom is 0.252 e. The normalized spacial score (nSPS) is 13.0. The lowest BCUT2D eigenvalue weighted by atomic mass is 10.1. The molecular weight excluding hydrogens is 320 g/mol. The van der Waals surface area contributed by atoms with Gasteiger partial charge in [0.2, 0.25) is 5.91 Å². The van der Waals surface area contributed by atoms with Crippen molar-refractivity contribution in [2.75, 3.05) is 13.6 Å². The Morgan fingerprint density at radius 1 is 1.23 bits per heavy atom. The molecule has 0 unspecified atom stereocenters. The summed E-state index contributed by atoms with van der Waals surface area (Å²) in [6.07, 6.45) is 0. The molecule has 2 aromatic rings. The summed E-state index contributed by atoms with van der Waals surface area (Å²) in [5, 5.41) is 4.50. The van der Waals surface area contributed by atoms with Crippen LogP contribution in [0.1, 0.15) is 18.5 Å². The number of amides is 1. The summed E-state index contributed by atoms with van der Waals surface area (Å²) in [5.41, 5.74) is 0.972. The number of nitrogens with zero attached hydrogens (tertiary/aromatic N) is 1. The number of rotatable bonds is 6. The summed E-state index contributed by atoms with van der Waals surface area (Å²) in [5.74, 6) is -0.334. The third kappa shape index (κ3) is 3.94. The van der Waals surface area contributed by atoms with Gasteiger partial charge >= 0.3 is 0 Å². The van der Waals surface area contributed by atoms with E-state index in [1.54, 1.807) is 11.4 Å². The average molecular weight is 338 g/mol. The van der Waals surface area contributed by atoms with E-state index in [2.05, 4.69) is 5.32 Å². The Morgan fingerprint density at radius 3 is 2.50 bits per heavy atom. The molecule has 0 radical (unpaired) electrons. The van der Waals surface area contributed by atoms with Gasteiger partial charge in [0.15, 0.2) is 0 Å². The zero-order chi connectivity index (χ0) is 16.2. The van der Waals surface area contributed by atoms with Crippen LogP contribution in [0.2, 0.25) is 0 Å². The summed E-state index contributed by atoms with van der Waals surface area (Å²) in [7, 11) is -2.20. The van der Waals surface area contributed by atoms with E-state index < -0.39 is 10.0 Å². The third-order valence-corrected chi connectivity index (χ3v) is 6.38. The van der Waals surface area contributed by atoms with Gasteiger partial charge in [-0.15, -0.1) is 11.3 Å². The van der Waals surface area contributed by atoms with E-state index in [4.69, 9.17) is 0 Å². The second kappa shape index (κ2) is 7.04. The quantitative estimate of drug-likeness (QED) is 0.878. The van der Waals surface area contributed by atoms with Gasteiger partial charge in [-0.05, 0) is 23.9 Å².